The normalized spacial score (nSPS) is 13.2. The molecule has 1 aromatic heterocycles. The zero-order valence-corrected chi connectivity index (χ0v) is 31.1. The zero-order chi connectivity index (χ0) is 37.2. The number of benzene rings is 4. The number of pyridine rings is 1. The molecule has 1 saturated heterocycles. The number of rotatable bonds is 13. The standard InChI is InChI=1S/C44H43ClN4O4/c1-31(2)37-12-15-39(16-13-37)51-29-36-10-6-34(7-11-36)28-48-20-22-49(23-21-48)44(50)19-14-38-24-32(3)42(25-41(38)45)53-43-18-17-40(27-47-43)52-30-35-8-4-33(26-46)5-9-35/h4-19,24-25,27,31H,20-23,28-30H2,1-3H3. The van der Waals surface area contributed by atoms with Crippen LogP contribution in [0.5, 0.6) is 23.1 Å². The van der Waals surface area contributed by atoms with Gasteiger partial charge >= 0.3 is 0 Å². The predicted octanol–water partition coefficient (Wildman–Crippen LogP) is 9.35. The molecule has 0 bridgehead atoms. The number of hydrogen-bond donors (Lipinski definition) is 0. The minimum Gasteiger partial charge on any atom is -0.489 e. The molecule has 0 spiro atoms. The Labute approximate surface area is 316 Å². The van der Waals surface area contributed by atoms with Crippen LogP contribution in [0, 0.1) is 18.3 Å². The molecule has 9 heteroatoms. The van der Waals surface area contributed by atoms with Crippen LogP contribution in [-0.4, -0.2) is 46.9 Å². The van der Waals surface area contributed by atoms with Gasteiger partial charge in [0.2, 0.25) is 11.8 Å². The molecule has 0 N–H and O–H groups in total. The van der Waals surface area contributed by atoms with Crippen molar-refractivity contribution in [2.75, 3.05) is 26.2 Å². The van der Waals surface area contributed by atoms with Gasteiger partial charge in [-0.25, -0.2) is 4.98 Å². The van der Waals surface area contributed by atoms with Gasteiger partial charge in [-0.1, -0.05) is 74.0 Å². The molecule has 4 aromatic carbocycles. The summed E-state index contributed by atoms with van der Waals surface area (Å²) in [6.07, 6.45) is 4.95. The highest BCUT2D eigenvalue weighted by atomic mass is 35.5. The third-order valence-electron chi connectivity index (χ3n) is 9.18. The highest BCUT2D eigenvalue weighted by Crippen LogP contribution is 2.31. The van der Waals surface area contributed by atoms with Gasteiger partial charge in [0.25, 0.3) is 0 Å². The molecule has 0 radical (unpaired) electrons. The van der Waals surface area contributed by atoms with Gasteiger partial charge in [-0.15, -0.1) is 0 Å². The lowest BCUT2D eigenvalue weighted by Crippen LogP contribution is -2.47. The summed E-state index contributed by atoms with van der Waals surface area (Å²) in [6.45, 7) is 11.0. The van der Waals surface area contributed by atoms with E-state index in [-0.39, 0.29) is 5.91 Å². The van der Waals surface area contributed by atoms with Gasteiger partial charge < -0.3 is 19.1 Å². The van der Waals surface area contributed by atoms with E-state index in [2.05, 4.69) is 66.2 Å². The third kappa shape index (κ3) is 10.5. The smallest absolute Gasteiger partial charge is 0.246 e. The van der Waals surface area contributed by atoms with Crippen LogP contribution in [0.2, 0.25) is 5.02 Å². The first-order valence-corrected chi connectivity index (χ1v) is 18.2. The Bertz CT molecular complexity index is 2050. The number of hydrogen-bond acceptors (Lipinski definition) is 7. The first-order chi connectivity index (χ1) is 25.7. The molecule has 1 fully saturated rings. The summed E-state index contributed by atoms with van der Waals surface area (Å²) in [4.78, 5) is 21.7. The lowest BCUT2D eigenvalue weighted by Gasteiger charge is -2.34. The molecule has 0 aliphatic carbocycles. The van der Waals surface area contributed by atoms with Crippen LogP contribution < -0.4 is 14.2 Å². The van der Waals surface area contributed by atoms with Gasteiger partial charge in [0.15, 0.2) is 0 Å². The molecule has 53 heavy (non-hydrogen) atoms. The summed E-state index contributed by atoms with van der Waals surface area (Å²) in [6, 6.07) is 33.4. The summed E-state index contributed by atoms with van der Waals surface area (Å²) < 4.78 is 17.8. The lowest BCUT2D eigenvalue weighted by molar-refractivity contribution is -0.127. The molecular weight excluding hydrogens is 684 g/mol. The van der Waals surface area contributed by atoms with Crippen LogP contribution >= 0.6 is 11.6 Å². The fourth-order valence-corrected chi connectivity index (χ4v) is 6.11. The van der Waals surface area contributed by atoms with E-state index >= 15 is 0 Å². The number of carbonyl (C=O) groups excluding carboxylic acids is 1. The van der Waals surface area contributed by atoms with Crippen LogP contribution in [0.3, 0.4) is 0 Å². The van der Waals surface area contributed by atoms with Crippen molar-refractivity contribution in [2.45, 2.75) is 46.4 Å². The maximum atomic E-state index is 13.1. The second-order valence-electron chi connectivity index (χ2n) is 13.4. The third-order valence-corrected chi connectivity index (χ3v) is 9.50. The van der Waals surface area contributed by atoms with Crippen LogP contribution in [-0.2, 0) is 24.6 Å². The number of aryl methyl sites for hydroxylation is 1. The van der Waals surface area contributed by atoms with Crippen LogP contribution in [0.1, 0.15) is 58.7 Å². The number of ether oxygens (including phenoxy) is 3. The summed E-state index contributed by atoms with van der Waals surface area (Å²) in [7, 11) is 0. The van der Waals surface area contributed by atoms with Crippen molar-refractivity contribution >= 4 is 23.6 Å². The van der Waals surface area contributed by atoms with Crippen molar-refractivity contribution in [3.8, 4) is 29.2 Å². The SMILES string of the molecule is Cc1cc(C=CC(=O)N2CCN(Cc3ccc(COc4ccc(C(C)C)cc4)cc3)CC2)c(Cl)cc1Oc1ccc(OCc2ccc(C#N)cc2)cn1. The van der Waals surface area contributed by atoms with Gasteiger partial charge in [-0.3, -0.25) is 9.69 Å². The van der Waals surface area contributed by atoms with E-state index in [0.717, 1.165) is 47.6 Å². The number of halogens is 1. The molecule has 2 heterocycles. The van der Waals surface area contributed by atoms with Gasteiger partial charge in [0.1, 0.15) is 30.5 Å². The summed E-state index contributed by atoms with van der Waals surface area (Å²) in [5.41, 5.74) is 6.83. The summed E-state index contributed by atoms with van der Waals surface area (Å²) >= 11 is 6.62. The second-order valence-corrected chi connectivity index (χ2v) is 13.8. The van der Waals surface area contributed by atoms with Crippen LogP contribution in [0.15, 0.2) is 109 Å². The van der Waals surface area contributed by atoms with Crippen molar-refractivity contribution in [1.29, 1.82) is 5.26 Å². The molecule has 1 amide bonds. The molecule has 6 rings (SSSR count). The molecular formula is C44H43ClN4O4. The lowest BCUT2D eigenvalue weighted by atomic mass is 10.0. The molecule has 0 atom stereocenters. The number of aromatic nitrogens is 1. The van der Waals surface area contributed by atoms with Crippen molar-refractivity contribution in [2.24, 2.45) is 0 Å². The number of nitrogens with zero attached hydrogens (tertiary/aromatic N) is 4. The Balaban J connectivity index is 0.936. The number of nitriles is 1. The fourth-order valence-electron chi connectivity index (χ4n) is 5.90. The summed E-state index contributed by atoms with van der Waals surface area (Å²) in [5.74, 6) is 2.92. The highest BCUT2D eigenvalue weighted by Gasteiger charge is 2.20. The van der Waals surface area contributed by atoms with Crippen molar-refractivity contribution in [3.63, 3.8) is 0 Å². The van der Waals surface area contributed by atoms with Crippen molar-refractivity contribution < 1.29 is 19.0 Å². The topological polar surface area (TPSA) is 87.9 Å². The van der Waals surface area contributed by atoms with E-state index in [1.54, 1.807) is 48.7 Å². The molecule has 0 saturated carbocycles. The van der Waals surface area contributed by atoms with E-state index < -0.39 is 0 Å². The first-order valence-electron chi connectivity index (χ1n) is 17.8. The van der Waals surface area contributed by atoms with Gasteiger partial charge in [0.05, 0.1) is 22.9 Å². The van der Waals surface area contributed by atoms with Crippen LogP contribution in [0.4, 0.5) is 0 Å². The molecule has 1 aliphatic heterocycles. The van der Waals surface area contributed by atoms with Crippen LogP contribution in [0.25, 0.3) is 6.08 Å². The Morgan fingerprint density at radius 2 is 1.47 bits per heavy atom. The summed E-state index contributed by atoms with van der Waals surface area (Å²) in [5, 5.41) is 9.43. The maximum Gasteiger partial charge on any atom is 0.246 e. The van der Waals surface area contributed by atoms with E-state index in [9.17, 15) is 4.79 Å². The van der Waals surface area contributed by atoms with Gasteiger partial charge in [0, 0.05) is 50.9 Å². The molecule has 1 aliphatic rings. The van der Waals surface area contributed by atoms with E-state index in [0.29, 0.717) is 60.2 Å². The monoisotopic (exact) mass is 726 g/mol. The minimum atomic E-state index is -0.0346. The predicted molar refractivity (Wildman–Crippen MR) is 208 cm³/mol. The maximum absolute atomic E-state index is 13.1. The zero-order valence-electron chi connectivity index (χ0n) is 30.3. The van der Waals surface area contributed by atoms with Gasteiger partial charge in [-0.2, -0.15) is 5.26 Å². The number of piperazine rings is 1. The first kappa shape index (κ1) is 37.1. The van der Waals surface area contributed by atoms with Gasteiger partial charge in [-0.05, 0) is 88.7 Å². The van der Waals surface area contributed by atoms with Crippen molar-refractivity contribution in [3.05, 3.63) is 153 Å². The average Bonchev–Trinajstić information content (AvgIpc) is 3.18. The number of amides is 1. The minimum absolute atomic E-state index is 0.0346. The largest absolute Gasteiger partial charge is 0.489 e. The van der Waals surface area contributed by atoms with E-state index in [4.69, 9.17) is 31.1 Å². The Morgan fingerprint density at radius 3 is 2.09 bits per heavy atom. The quantitative estimate of drug-likeness (QED) is 0.112. The van der Waals surface area contributed by atoms with E-state index in [1.165, 1.54) is 11.1 Å². The van der Waals surface area contributed by atoms with Crippen molar-refractivity contribution in [1.82, 2.24) is 14.8 Å². The number of carbonyl (C=O) groups is 1. The molecule has 270 valence electrons. The second kappa shape index (κ2) is 17.7. The van der Waals surface area contributed by atoms with E-state index in [1.807, 2.05) is 42.2 Å². The Morgan fingerprint density at radius 1 is 0.849 bits per heavy atom. The molecule has 8 nitrogen and oxygen atoms in total. The Hall–Kier alpha value is -5.62. The highest BCUT2D eigenvalue weighted by molar-refractivity contribution is 6.32. The molecule has 0 unspecified atom stereocenters. The molecule has 5 aromatic rings. The Kier molecular flexibility index (Phi) is 12.4. The fraction of sp³-hybridized carbons (Fsp3) is 0.250. The average molecular weight is 727 g/mol.